The second-order valence-corrected chi connectivity index (χ2v) is 17.7. The van der Waals surface area contributed by atoms with Crippen LogP contribution in [-0.4, -0.2) is 92.7 Å². The number of benzene rings is 2. The minimum absolute atomic E-state index is 0.0112. The summed E-state index contributed by atoms with van der Waals surface area (Å²) in [6.45, 7) is 7.30. The number of nitrogens with one attached hydrogen (secondary N) is 2. The molecular formula is C44H50F4N8O5. The number of likely N-dealkylation sites (tertiary alicyclic amines) is 2. The summed E-state index contributed by atoms with van der Waals surface area (Å²) in [7, 11) is 0. The van der Waals surface area contributed by atoms with E-state index in [-0.39, 0.29) is 41.7 Å². The quantitative estimate of drug-likeness (QED) is 0.157. The van der Waals surface area contributed by atoms with E-state index in [0.29, 0.717) is 35.7 Å². The number of hydrogen-bond acceptors (Lipinski definition) is 8. The zero-order valence-electron chi connectivity index (χ0n) is 34.2. The molecule has 61 heavy (non-hydrogen) atoms. The van der Waals surface area contributed by atoms with E-state index in [0.717, 1.165) is 93.4 Å². The summed E-state index contributed by atoms with van der Waals surface area (Å²) in [5.74, 6) is -1.46. The number of carbonyl (C=O) groups is 4. The zero-order valence-corrected chi connectivity index (χ0v) is 34.2. The fourth-order valence-electron chi connectivity index (χ4n) is 9.51. The number of aromatic nitrogens is 3. The zero-order chi connectivity index (χ0) is 43.3. The van der Waals surface area contributed by atoms with Crippen molar-refractivity contribution in [3.05, 3.63) is 83.1 Å². The molecule has 4 fully saturated rings. The Kier molecular flexibility index (Phi) is 11.4. The Labute approximate surface area is 350 Å². The minimum Gasteiger partial charge on any atom is -0.386 e. The van der Waals surface area contributed by atoms with Gasteiger partial charge in [0.25, 0.3) is 11.8 Å². The maximum Gasteiger partial charge on any atom is 0.433 e. The summed E-state index contributed by atoms with van der Waals surface area (Å²) in [5.41, 5.74) is -1.17. The highest BCUT2D eigenvalue weighted by Crippen LogP contribution is 2.47. The number of fused-ring (bicyclic) bond motifs is 1. The van der Waals surface area contributed by atoms with E-state index in [9.17, 15) is 41.8 Å². The van der Waals surface area contributed by atoms with Gasteiger partial charge in [-0.3, -0.25) is 29.3 Å². The molecule has 0 radical (unpaired) electrons. The first-order chi connectivity index (χ1) is 28.9. The fourth-order valence-corrected chi connectivity index (χ4v) is 9.51. The molecule has 2 aromatic carbocycles. The molecule has 0 unspecified atom stereocenters. The molecule has 0 bridgehead atoms. The normalized spacial score (nSPS) is 19.7. The van der Waals surface area contributed by atoms with Crippen molar-refractivity contribution >= 4 is 46.0 Å². The highest BCUT2D eigenvalue weighted by atomic mass is 19.4. The molecule has 5 heterocycles. The van der Waals surface area contributed by atoms with E-state index in [1.54, 1.807) is 26.0 Å². The predicted octanol–water partition coefficient (Wildman–Crippen LogP) is 7.26. The van der Waals surface area contributed by atoms with Gasteiger partial charge in [-0.2, -0.15) is 18.3 Å². The van der Waals surface area contributed by atoms with Crippen LogP contribution in [0.25, 0.3) is 10.9 Å². The summed E-state index contributed by atoms with van der Waals surface area (Å²) >= 11 is 0. The molecule has 8 rings (SSSR count). The third-order valence-electron chi connectivity index (χ3n) is 13.1. The highest BCUT2D eigenvalue weighted by Gasteiger charge is 2.40. The second kappa shape index (κ2) is 16.5. The number of anilines is 2. The topological polar surface area (TPSA) is 153 Å². The van der Waals surface area contributed by atoms with Gasteiger partial charge in [0.2, 0.25) is 5.91 Å². The van der Waals surface area contributed by atoms with Gasteiger partial charge in [-0.05, 0) is 119 Å². The van der Waals surface area contributed by atoms with Crippen molar-refractivity contribution in [2.45, 2.75) is 89.5 Å². The van der Waals surface area contributed by atoms with Gasteiger partial charge in [-0.15, -0.1) is 0 Å². The van der Waals surface area contributed by atoms with E-state index in [2.05, 4.69) is 20.5 Å². The van der Waals surface area contributed by atoms with Crippen molar-refractivity contribution in [3.63, 3.8) is 0 Å². The van der Waals surface area contributed by atoms with Gasteiger partial charge < -0.3 is 20.2 Å². The van der Waals surface area contributed by atoms with Crippen LogP contribution in [0.3, 0.4) is 0 Å². The minimum atomic E-state index is -4.70. The summed E-state index contributed by atoms with van der Waals surface area (Å²) in [4.78, 5) is 59.6. The van der Waals surface area contributed by atoms with Gasteiger partial charge in [0.1, 0.15) is 17.2 Å². The number of imide groups is 1. The van der Waals surface area contributed by atoms with Crippen LogP contribution in [0, 0.1) is 17.2 Å². The largest absolute Gasteiger partial charge is 0.433 e. The van der Waals surface area contributed by atoms with Crippen molar-refractivity contribution in [1.82, 2.24) is 29.9 Å². The second-order valence-electron chi connectivity index (χ2n) is 17.7. The Morgan fingerprint density at radius 3 is 2.33 bits per heavy atom. The average Bonchev–Trinajstić information content (AvgIpc) is 3.65. The van der Waals surface area contributed by atoms with E-state index >= 15 is 0 Å². The monoisotopic (exact) mass is 846 g/mol. The number of rotatable bonds is 8. The van der Waals surface area contributed by atoms with E-state index < -0.39 is 46.8 Å². The first-order valence-electron chi connectivity index (χ1n) is 21.0. The van der Waals surface area contributed by atoms with Crippen LogP contribution in [-0.2, 0) is 16.6 Å². The number of pyridine rings is 1. The van der Waals surface area contributed by atoms with Gasteiger partial charge in [0.15, 0.2) is 0 Å². The number of piperidine rings is 2. The molecule has 3 aliphatic heterocycles. The third-order valence-corrected chi connectivity index (χ3v) is 13.1. The number of nitrogens with zero attached hydrogens (tertiary/aromatic N) is 6. The summed E-state index contributed by atoms with van der Waals surface area (Å²) in [6, 6.07) is 10.1. The van der Waals surface area contributed by atoms with Gasteiger partial charge in [-0.25, -0.2) is 14.2 Å². The Morgan fingerprint density at radius 2 is 1.66 bits per heavy atom. The molecular weight excluding hydrogens is 797 g/mol. The highest BCUT2D eigenvalue weighted by molar-refractivity contribution is 6.06. The van der Waals surface area contributed by atoms with Crippen LogP contribution < -0.4 is 15.5 Å². The molecule has 1 aliphatic carbocycles. The van der Waals surface area contributed by atoms with Crippen molar-refractivity contribution in [2.24, 2.45) is 11.3 Å². The lowest BCUT2D eigenvalue weighted by atomic mass is 9.65. The molecule has 4 aromatic rings. The van der Waals surface area contributed by atoms with Crippen molar-refractivity contribution < 1.29 is 41.8 Å². The molecule has 3 N–H and O–H groups in total. The Hall–Kier alpha value is -5.42. The van der Waals surface area contributed by atoms with Crippen molar-refractivity contribution in [3.8, 4) is 0 Å². The fraction of sp³-hybridized carbons (Fsp3) is 0.500. The van der Waals surface area contributed by atoms with E-state index in [1.165, 1.54) is 24.3 Å². The van der Waals surface area contributed by atoms with Crippen LogP contribution in [0.5, 0.6) is 0 Å². The molecule has 5 amide bonds. The summed E-state index contributed by atoms with van der Waals surface area (Å²) in [5, 5.41) is 21.4. The molecule has 2 aromatic heterocycles. The van der Waals surface area contributed by atoms with Gasteiger partial charge in [0.05, 0.1) is 22.8 Å². The van der Waals surface area contributed by atoms with E-state index in [4.69, 9.17) is 5.10 Å². The molecule has 324 valence electrons. The smallest absolute Gasteiger partial charge is 0.386 e. The molecule has 1 saturated carbocycles. The Balaban J connectivity index is 0.827. The predicted molar refractivity (Wildman–Crippen MR) is 218 cm³/mol. The van der Waals surface area contributed by atoms with Crippen LogP contribution in [0.15, 0.2) is 54.7 Å². The first-order valence-corrected chi connectivity index (χ1v) is 21.0. The molecule has 3 saturated heterocycles. The lowest BCUT2D eigenvalue weighted by Gasteiger charge is -2.47. The molecule has 13 nitrogen and oxygen atoms in total. The Bertz CT molecular complexity index is 2330. The first kappa shape index (κ1) is 42.3. The SMILES string of the molecule is CC(C)(O)c1cc2nn(C3CCN(CC4CCC5(CC4)CCN(C(=O)c4ccc(F)c(N6CCC(=O)NC6=O)c4)CC5)CC3)cc2cc1NC(=O)c1cccc(C(F)(F)F)n1. The van der Waals surface area contributed by atoms with Crippen LogP contribution in [0.2, 0.25) is 0 Å². The standard InChI is InChI=1S/C44H50F4N8O5/c1-42(2,61)31-24-34-29(22-35(31)50-39(58)33-4-3-5-37(49-33)44(46,47)48)26-56(52-34)30-10-17-53(18-11-30)25-27-8-13-43(14-9-27)15-20-54(21-16-43)40(59)28-6-7-32(45)36(23-28)55-19-12-38(57)51-41(55)60/h3-7,22-24,26-27,30,61H,8-21,25H2,1-2H3,(H,50,58)(H,51,57,60). The van der Waals surface area contributed by atoms with Crippen LogP contribution >= 0.6 is 0 Å². The Morgan fingerprint density at radius 1 is 0.934 bits per heavy atom. The van der Waals surface area contributed by atoms with E-state index in [1.807, 2.05) is 15.8 Å². The van der Waals surface area contributed by atoms with Crippen LogP contribution in [0.1, 0.15) is 110 Å². The van der Waals surface area contributed by atoms with Crippen molar-refractivity contribution in [1.29, 1.82) is 0 Å². The van der Waals surface area contributed by atoms with Crippen LogP contribution in [0.4, 0.5) is 33.7 Å². The van der Waals surface area contributed by atoms with Gasteiger partial charge in [-0.1, -0.05) is 6.07 Å². The van der Waals surface area contributed by atoms with Gasteiger partial charge >= 0.3 is 12.2 Å². The average molecular weight is 847 g/mol. The number of aliphatic hydroxyl groups is 1. The number of hydrogen-bond donors (Lipinski definition) is 3. The van der Waals surface area contributed by atoms with Gasteiger partial charge in [0, 0.05) is 74.1 Å². The maximum absolute atomic E-state index is 14.7. The molecule has 4 aliphatic rings. The number of alkyl halides is 3. The lowest BCUT2D eigenvalue weighted by molar-refractivity contribution is -0.141. The number of halogens is 4. The molecule has 1 spiro atoms. The molecule has 17 heteroatoms. The summed E-state index contributed by atoms with van der Waals surface area (Å²) < 4.78 is 56.5. The van der Waals surface area contributed by atoms with Crippen molar-refractivity contribution in [2.75, 3.05) is 49.5 Å². The summed E-state index contributed by atoms with van der Waals surface area (Å²) in [6.07, 6.45) is 5.40. The lowest BCUT2D eigenvalue weighted by Crippen LogP contribution is -2.50. The molecule has 0 atom stereocenters. The maximum atomic E-state index is 14.7. The number of carbonyl (C=O) groups excluding carboxylic acids is 4. The number of urea groups is 1. The third kappa shape index (κ3) is 9.13. The number of amides is 5.